The van der Waals surface area contributed by atoms with E-state index in [-0.39, 0.29) is 0 Å². The first-order chi connectivity index (χ1) is 6.19. The highest BCUT2D eigenvalue weighted by Crippen LogP contribution is 2.18. The summed E-state index contributed by atoms with van der Waals surface area (Å²) >= 11 is 1.86. The van der Waals surface area contributed by atoms with E-state index in [0.29, 0.717) is 6.04 Å². The summed E-state index contributed by atoms with van der Waals surface area (Å²) in [6.45, 7) is 4.22. The van der Waals surface area contributed by atoms with Crippen LogP contribution < -0.4 is 5.32 Å². The Morgan fingerprint density at radius 3 is 2.92 bits per heavy atom. The van der Waals surface area contributed by atoms with Crippen LogP contribution in [0.4, 0.5) is 5.95 Å². The van der Waals surface area contributed by atoms with Crippen LogP contribution in [0.1, 0.15) is 18.7 Å². The fourth-order valence-corrected chi connectivity index (χ4v) is 2.00. The van der Waals surface area contributed by atoms with Gasteiger partial charge in [-0.05, 0) is 20.1 Å². The molecule has 1 atom stereocenters. The molecule has 3 nitrogen and oxygen atoms in total. The van der Waals surface area contributed by atoms with E-state index >= 15 is 0 Å². The summed E-state index contributed by atoms with van der Waals surface area (Å²) < 4.78 is 2.19. The van der Waals surface area contributed by atoms with Gasteiger partial charge in [-0.1, -0.05) is 0 Å². The summed E-state index contributed by atoms with van der Waals surface area (Å²) in [4.78, 5) is 4.38. The third-order valence-corrected chi connectivity index (χ3v) is 2.77. The van der Waals surface area contributed by atoms with Crippen molar-refractivity contribution < 1.29 is 0 Å². The molecule has 1 aromatic rings. The zero-order chi connectivity index (χ0) is 9.84. The number of hydrogen-bond acceptors (Lipinski definition) is 3. The minimum atomic E-state index is 0.499. The first kappa shape index (κ1) is 10.4. The first-order valence-electron chi connectivity index (χ1n) is 4.41. The van der Waals surface area contributed by atoms with Crippen LogP contribution in [0, 0.1) is 6.92 Å². The maximum atomic E-state index is 4.38. The molecule has 74 valence electrons. The molecule has 1 heterocycles. The molecule has 1 N–H and O–H groups in total. The van der Waals surface area contributed by atoms with Crippen LogP contribution >= 0.6 is 11.8 Å². The van der Waals surface area contributed by atoms with Gasteiger partial charge in [-0.25, -0.2) is 4.98 Å². The molecule has 13 heavy (non-hydrogen) atoms. The van der Waals surface area contributed by atoms with Gasteiger partial charge in [0.15, 0.2) is 0 Å². The highest BCUT2D eigenvalue weighted by molar-refractivity contribution is 7.98. The molecule has 0 amide bonds. The molecule has 0 radical (unpaired) electrons. The average molecular weight is 199 g/mol. The van der Waals surface area contributed by atoms with Crippen molar-refractivity contribution in [3.05, 3.63) is 11.9 Å². The van der Waals surface area contributed by atoms with Crippen molar-refractivity contribution in [1.82, 2.24) is 9.55 Å². The van der Waals surface area contributed by atoms with E-state index in [4.69, 9.17) is 0 Å². The van der Waals surface area contributed by atoms with Gasteiger partial charge in [0.2, 0.25) is 5.95 Å². The fraction of sp³-hybridized carbons (Fsp3) is 0.667. The van der Waals surface area contributed by atoms with Crippen molar-refractivity contribution >= 4 is 17.7 Å². The Kier molecular flexibility index (Phi) is 3.66. The number of imidazole rings is 1. The number of rotatable bonds is 4. The molecular weight excluding hydrogens is 182 g/mol. The van der Waals surface area contributed by atoms with Gasteiger partial charge < -0.3 is 9.88 Å². The highest BCUT2D eigenvalue weighted by atomic mass is 32.2. The van der Waals surface area contributed by atoms with Crippen LogP contribution in [0.5, 0.6) is 0 Å². The Bertz CT molecular complexity index is 270. The molecule has 0 aliphatic heterocycles. The number of hydrogen-bond donors (Lipinski definition) is 1. The molecule has 0 aliphatic rings. The lowest BCUT2D eigenvalue weighted by Crippen LogP contribution is -2.09. The van der Waals surface area contributed by atoms with Gasteiger partial charge in [0.25, 0.3) is 0 Å². The number of thioether (sulfide) groups is 1. The van der Waals surface area contributed by atoms with Crippen molar-refractivity contribution in [3.8, 4) is 0 Å². The minimum absolute atomic E-state index is 0.499. The molecule has 0 spiro atoms. The molecule has 0 saturated carbocycles. The summed E-state index contributed by atoms with van der Waals surface area (Å²) in [6, 6.07) is 0.499. The Morgan fingerprint density at radius 2 is 2.38 bits per heavy atom. The summed E-state index contributed by atoms with van der Waals surface area (Å²) in [7, 11) is 1.91. The van der Waals surface area contributed by atoms with Gasteiger partial charge in [0, 0.05) is 25.0 Å². The maximum Gasteiger partial charge on any atom is 0.203 e. The largest absolute Gasteiger partial charge is 0.359 e. The second kappa shape index (κ2) is 4.56. The molecule has 0 bridgehead atoms. The third kappa shape index (κ3) is 2.40. The SMILES string of the molecule is CNc1nc(C)cn1C(C)CSC. The van der Waals surface area contributed by atoms with Crippen LogP contribution in [0.25, 0.3) is 0 Å². The second-order valence-electron chi connectivity index (χ2n) is 3.17. The lowest BCUT2D eigenvalue weighted by atomic mass is 10.4. The normalized spacial score (nSPS) is 12.9. The number of aryl methyl sites for hydroxylation is 1. The number of anilines is 1. The van der Waals surface area contributed by atoms with E-state index in [0.717, 1.165) is 17.4 Å². The predicted molar refractivity (Wildman–Crippen MR) is 59.6 cm³/mol. The van der Waals surface area contributed by atoms with Gasteiger partial charge in [0.05, 0.1) is 5.69 Å². The van der Waals surface area contributed by atoms with Gasteiger partial charge in [-0.2, -0.15) is 11.8 Å². The van der Waals surface area contributed by atoms with Crippen LogP contribution in [0.3, 0.4) is 0 Å². The fourth-order valence-electron chi connectivity index (χ4n) is 1.36. The van der Waals surface area contributed by atoms with Crippen LogP contribution in [0.2, 0.25) is 0 Å². The van der Waals surface area contributed by atoms with Crippen molar-refractivity contribution in [1.29, 1.82) is 0 Å². The molecule has 0 aliphatic carbocycles. The van der Waals surface area contributed by atoms with E-state index in [1.165, 1.54) is 0 Å². The van der Waals surface area contributed by atoms with Crippen LogP contribution in [-0.2, 0) is 0 Å². The quantitative estimate of drug-likeness (QED) is 0.806. The number of nitrogens with one attached hydrogen (secondary N) is 1. The maximum absolute atomic E-state index is 4.38. The van der Waals surface area contributed by atoms with Crippen molar-refractivity contribution in [2.45, 2.75) is 19.9 Å². The zero-order valence-electron chi connectivity index (χ0n) is 8.66. The van der Waals surface area contributed by atoms with Crippen molar-refractivity contribution in [3.63, 3.8) is 0 Å². The van der Waals surface area contributed by atoms with E-state index in [2.05, 4.69) is 34.2 Å². The minimum Gasteiger partial charge on any atom is -0.359 e. The van der Waals surface area contributed by atoms with E-state index in [9.17, 15) is 0 Å². The Balaban J connectivity index is 2.84. The molecule has 1 rings (SSSR count). The van der Waals surface area contributed by atoms with Crippen molar-refractivity contribution in [2.75, 3.05) is 24.4 Å². The summed E-state index contributed by atoms with van der Waals surface area (Å²) in [5.74, 6) is 2.07. The third-order valence-electron chi connectivity index (χ3n) is 1.96. The molecule has 0 saturated heterocycles. The molecule has 1 aromatic heterocycles. The molecular formula is C9H17N3S. The van der Waals surface area contributed by atoms with Gasteiger partial charge in [-0.3, -0.25) is 0 Å². The predicted octanol–water partition coefficient (Wildman–Crippen LogP) is 2.16. The van der Waals surface area contributed by atoms with E-state index < -0.39 is 0 Å². The molecule has 1 unspecified atom stereocenters. The average Bonchev–Trinajstić information content (AvgIpc) is 2.47. The number of nitrogens with zero attached hydrogens (tertiary/aromatic N) is 2. The Morgan fingerprint density at radius 1 is 1.69 bits per heavy atom. The van der Waals surface area contributed by atoms with Crippen LogP contribution in [-0.4, -0.2) is 28.6 Å². The lowest BCUT2D eigenvalue weighted by Gasteiger charge is -2.14. The zero-order valence-corrected chi connectivity index (χ0v) is 9.48. The first-order valence-corrected chi connectivity index (χ1v) is 5.80. The van der Waals surface area contributed by atoms with E-state index in [1.54, 1.807) is 0 Å². The molecule has 0 fully saturated rings. The standard InChI is InChI=1S/C9H17N3S/c1-7-5-12(8(2)6-13-4)9(10-3)11-7/h5,8H,6H2,1-4H3,(H,10,11). The molecule has 0 aromatic carbocycles. The highest BCUT2D eigenvalue weighted by Gasteiger charge is 2.09. The topological polar surface area (TPSA) is 29.9 Å². The van der Waals surface area contributed by atoms with Gasteiger partial charge in [0.1, 0.15) is 0 Å². The van der Waals surface area contributed by atoms with Crippen molar-refractivity contribution in [2.24, 2.45) is 0 Å². The summed E-state index contributed by atoms with van der Waals surface area (Å²) in [5.41, 5.74) is 1.07. The monoisotopic (exact) mass is 199 g/mol. The Hall–Kier alpha value is -0.640. The van der Waals surface area contributed by atoms with Gasteiger partial charge in [-0.15, -0.1) is 0 Å². The Labute approximate surface area is 83.9 Å². The number of aromatic nitrogens is 2. The van der Waals surface area contributed by atoms with Gasteiger partial charge >= 0.3 is 0 Å². The lowest BCUT2D eigenvalue weighted by molar-refractivity contribution is 0.616. The van der Waals surface area contributed by atoms with E-state index in [1.807, 2.05) is 25.7 Å². The second-order valence-corrected chi connectivity index (χ2v) is 4.08. The summed E-state index contributed by atoms with van der Waals surface area (Å²) in [6.07, 6.45) is 4.21. The van der Waals surface area contributed by atoms with Crippen LogP contribution in [0.15, 0.2) is 6.20 Å². The smallest absolute Gasteiger partial charge is 0.203 e. The molecule has 4 heteroatoms. The summed E-state index contributed by atoms with van der Waals surface area (Å²) in [5, 5.41) is 3.10.